The van der Waals surface area contributed by atoms with Gasteiger partial charge in [0.25, 0.3) is 10.0 Å². The summed E-state index contributed by atoms with van der Waals surface area (Å²) in [6, 6.07) is 12.9. The molecule has 154 valence electrons. The highest BCUT2D eigenvalue weighted by atomic mass is 32.2. The van der Waals surface area contributed by atoms with Crippen LogP contribution in [-0.4, -0.2) is 38.4 Å². The highest BCUT2D eigenvalue weighted by Crippen LogP contribution is 2.43. The molecule has 0 saturated heterocycles. The molecule has 0 radical (unpaired) electrons. The van der Waals surface area contributed by atoms with E-state index in [4.69, 9.17) is 0 Å². The number of amides is 1. The van der Waals surface area contributed by atoms with Gasteiger partial charge >= 0.3 is 0 Å². The van der Waals surface area contributed by atoms with Crippen LogP contribution in [-0.2, 0) is 14.8 Å². The Labute approximate surface area is 180 Å². The fourth-order valence-corrected chi connectivity index (χ4v) is 7.55. The maximum Gasteiger partial charge on any atom is 0.264 e. The number of benzene rings is 2. The van der Waals surface area contributed by atoms with Gasteiger partial charge in [0.2, 0.25) is 5.91 Å². The molecule has 0 N–H and O–H groups in total. The predicted molar refractivity (Wildman–Crippen MR) is 121 cm³/mol. The summed E-state index contributed by atoms with van der Waals surface area (Å²) >= 11 is 3.41. The van der Waals surface area contributed by atoms with Gasteiger partial charge in [-0.15, -0.1) is 23.5 Å². The number of hydrogen-bond donors (Lipinski definition) is 0. The number of nitrogens with zero attached hydrogens (tertiary/aromatic N) is 2. The van der Waals surface area contributed by atoms with Gasteiger partial charge in [0.05, 0.1) is 16.3 Å². The second-order valence-electron chi connectivity index (χ2n) is 7.15. The van der Waals surface area contributed by atoms with Crippen LogP contribution in [0.2, 0.25) is 0 Å². The van der Waals surface area contributed by atoms with Crippen molar-refractivity contribution in [2.45, 2.75) is 46.6 Å². The number of anilines is 2. The van der Waals surface area contributed by atoms with Crippen molar-refractivity contribution in [1.29, 1.82) is 0 Å². The van der Waals surface area contributed by atoms with E-state index < -0.39 is 10.0 Å². The monoisotopic (exact) mass is 448 g/mol. The fourth-order valence-electron chi connectivity index (χ4n) is 3.67. The van der Waals surface area contributed by atoms with Crippen LogP contribution in [0.25, 0.3) is 0 Å². The molecule has 1 amide bonds. The van der Waals surface area contributed by atoms with E-state index >= 15 is 0 Å². The summed E-state index contributed by atoms with van der Waals surface area (Å²) in [4.78, 5) is 16.1. The number of thioether (sulfide) groups is 2. The van der Waals surface area contributed by atoms with Crippen molar-refractivity contribution >= 4 is 50.8 Å². The minimum absolute atomic E-state index is 0.0611. The van der Waals surface area contributed by atoms with Gasteiger partial charge in [0.15, 0.2) is 0 Å². The summed E-state index contributed by atoms with van der Waals surface area (Å²) < 4.78 is 28.9. The minimum Gasteiger partial charge on any atom is -0.311 e. The summed E-state index contributed by atoms with van der Waals surface area (Å²) in [5.74, 6) is 0.853. The predicted octanol–water partition coefficient (Wildman–Crippen LogP) is 4.61. The van der Waals surface area contributed by atoms with Crippen LogP contribution >= 0.6 is 23.5 Å². The maximum absolute atomic E-state index is 13.7. The molecule has 4 rings (SSSR count). The Balaban J connectivity index is 1.80. The maximum atomic E-state index is 13.7. The quantitative estimate of drug-likeness (QED) is 0.686. The minimum atomic E-state index is -3.74. The summed E-state index contributed by atoms with van der Waals surface area (Å²) in [5.41, 5.74) is 1.43. The Hall–Kier alpha value is -1.64. The van der Waals surface area contributed by atoms with E-state index in [1.54, 1.807) is 40.6 Å². The van der Waals surface area contributed by atoms with E-state index in [0.29, 0.717) is 18.8 Å². The first-order chi connectivity index (χ1) is 13.9. The molecule has 2 aromatic carbocycles. The zero-order chi connectivity index (χ0) is 20.6. The van der Waals surface area contributed by atoms with E-state index in [1.165, 1.54) is 11.2 Å². The third-order valence-electron chi connectivity index (χ3n) is 5.23. The molecule has 0 bridgehead atoms. The highest BCUT2D eigenvalue weighted by molar-refractivity contribution is 8.00. The number of rotatable bonds is 3. The summed E-state index contributed by atoms with van der Waals surface area (Å²) in [6.45, 7) is 4.67. The van der Waals surface area contributed by atoms with Crippen molar-refractivity contribution in [1.82, 2.24) is 0 Å². The average molecular weight is 449 g/mol. The van der Waals surface area contributed by atoms with E-state index in [1.807, 2.05) is 30.3 Å². The molecule has 5 nitrogen and oxygen atoms in total. The topological polar surface area (TPSA) is 57.7 Å². The molecule has 2 aliphatic heterocycles. The van der Waals surface area contributed by atoms with E-state index in [0.717, 1.165) is 34.1 Å². The molecule has 1 atom stereocenters. The van der Waals surface area contributed by atoms with Crippen molar-refractivity contribution in [3.63, 3.8) is 0 Å². The number of fused-ring (bicyclic) bond motifs is 2. The van der Waals surface area contributed by atoms with Crippen LogP contribution in [0.4, 0.5) is 11.4 Å². The van der Waals surface area contributed by atoms with Gasteiger partial charge in [-0.1, -0.05) is 19.1 Å². The average Bonchev–Trinajstić information content (AvgIpc) is 2.94. The van der Waals surface area contributed by atoms with Gasteiger partial charge in [-0.05, 0) is 48.9 Å². The van der Waals surface area contributed by atoms with Crippen LogP contribution in [0.15, 0.2) is 57.2 Å². The summed E-state index contributed by atoms with van der Waals surface area (Å²) in [6.07, 6.45) is 1.78. The van der Waals surface area contributed by atoms with Crippen LogP contribution in [0.1, 0.15) is 26.7 Å². The van der Waals surface area contributed by atoms with Crippen molar-refractivity contribution in [3.8, 4) is 0 Å². The molecular formula is C21H24N2O3S3. The molecule has 0 aromatic heterocycles. The smallest absolute Gasteiger partial charge is 0.264 e. The van der Waals surface area contributed by atoms with E-state index in [9.17, 15) is 13.2 Å². The van der Waals surface area contributed by atoms with Crippen molar-refractivity contribution in [3.05, 3.63) is 42.5 Å². The second kappa shape index (κ2) is 8.24. The van der Waals surface area contributed by atoms with Gasteiger partial charge < -0.3 is 4.90 Å². The number of para-hydroxylation sites is 1. The van der Waals surface area contributed by atoms with Crippen molar-refractivity contribution in [2.24, 2.45) is 0 Å². The lowest BCUT2D eigenvalue weighted by molar-refractivity contribution is -0.116. The molecule has 2 aromatic rings. The zero-order valence-electron chi connectivity index (χ0n) is 16.5. The number of carbonyl (C=O) groups excluding carboxylic acids is 1. The molecule has 0 unspecified atom stereocenters. The number of carbonyl (C=O) groups is 1. The van der Waals surface area contributed by atoms with E-state index in [2.05, 4.69) is 6.92 Å². The van der Waals surface area contributed by atoms with E-state index in [-0.39, 0.29) is 16.1 Å². The first kappa shape index (κ1) is 20.6. The van der Waals surface area contributed by atoms with Crippen molar-refractivity contribution in [2.75, 3.05) is 28.0 Å². The number of sulfonamides is 1. The molecule has 29 heavy (non-hydrogen) atoms. The number of hydrogen-bond acceptors (Lipinski definition) is 5. The SMILES string of the molecule is CC[C@H]1CN(S(=O)(=O)c2ccc3c(c2)N(C(C)=O)CCCS3)c2ccccc2S1. The lowest BCUT2D eigenvalue weighted by atomic mass is 10.2. The Morgan fingerprint density at radius 2 is 1.93 bits per heavy atom. The second-order valence-corrected chi connectivity index (χ2v) is 11.5. The van der Waals surface area contributed by atoms with Gasteiger partial charge in [-0.25, -0.2) is 8.42 Å². The van der Waals surface area contributed by atoms with Crippen LogP contribution in [0, 0.1) is 0 Å². The molecule has 0 aliphatic carbocycles. The van der Waals surface area contributed by atoms with Crippen LogP contribution < -0.4 is 9.21 Å². The van der Waals surface area contributed by atoms with Gasteiger partial charge in [0.1, 0.15) is 0 Å². The lowest BCUT2D eigenvalue weighted by Crippen LogP contribution is -2.39. The van der Waals surface area contributed by atoms with Crippen LogP contribution in [0.3, 0.4) is 0 Å². The normalized spacial score (nSPS) is 19.3. The van der Waals surface area contributed by atoms with Crippen LogP contribution in [0.5, 0.6) is 0 Å². The molecule has 8 heteroatoms. The Bertz CT molecular complexity index is 1040. The first-order valence-corrected chi connectivity index (χ1v) is 13.1. The zero-order valence-corrected chi connectivity index (χ0v) is 18.9. The summed E-state index contributed by atoms with van der Waals surface area (Å²) in [5, 5.41) is 0.213. The molecule has 0 spiro atoms. The van der Waals surface area contributed by atoms with Gasteiger partial charge in [-0.3, -0.25) is 9.10 Å². The molecule has 2 heterocycles. The fraction of sp³-hybridized carbons (Fsp3) is 0.381. The molecule has 2 aliphatic rings. The highest BCUT2D eigenvalue weighted by Gasteiger charge is 2.34. The Kier molecular flexibility index (Phi) is 5.86. The lowest BCUT2D eigenvalue weighted by Gasteiger charge is -2.34. The Morgan fingerprint density at radius 3 is 2.69 bits per heavy atom. The molecular weight excluding hydrogens is 424 g/mol. The third-order valence-corrected chi connectivity index (χ3v) is 9.56. The first-order valence-electron chi connectivity index (χ1n) is 9.75. The summed E-state index contributed by atoms with van der Waals surface area (Å²) in [7, 11) is -3.74. The largest absolute Gasteiger partial charge is 0.311 e. The van der Waals surface area contributed by atoms with Crippen molar-refractivity contribution < 1.29 is 13.2 Å². The molecule has 0 saturated carbocycles. The Morgan fingerprint density at radius 1 is 1.14 bits per heavy atom. The third kappa shape index (κ3) is 3.90. The van der Waals surface area contributed by atoms with Gasteiger partial charge in [-0.2, -0.15) is 0 Å². The molecule has 0 fully saturated rings. The standard InChI is InChI=1S/C21H24N2O3S3/c1-3-16-14-23(18-7-4-5-8-21(18)28-16)29(25,26)17-9-10-20-19(13-17)22(15(2)24)11-6-12-27-20/h4-5,7-10,13,16H,3,6,11-12,14H2,1-2H3/t16-/m0/s1. The van der Waals surface area contributed by atoms with Gasteiger partial charge in [0, 0.05) is 35.1 Å².